The first-order chi connectivity index (χ1) is 9.81. The van der Waals surface area contributed by atoms with Crippen LogP contribution in [0.1, 0.15) is 39.7 Å². The molecule has 0 aliphatic rings. The molecule has 0 bridgehead atoms. The van der Waals surface area contributed by atoms with E-state index < -0.39 is 11.6 Å². The van der Waals surface area contributed by atoms with Crippen molar-refractivity contribution in [2.24, 2.45) is 17.8 Å². The summed E-state index contributed by atoms with van der Waals surface area (Å²) in [5.41, 5.74) is 0.196. The van der Waals surface area contributed by atoms with Crippen LogP contribution in [0.2, 0.25) is 0 Å². The van der Waals surface area contributed by atoms with Gasteiger partial charge in [0.25, 0.3) is 0 Å². The molecule has 4 heteroatoms. The first-order valence-electron chi connectivity index (χ1n) is 7.64. The highest BCUT2D eigenvalue weighted by molar-refractivity contribution is 9.10. The average Bonchev–Trinajstić information content (AvgIpc) is 2.38. The maximum atomic E-state index is 14.1. The average molecular weight is 362 g/mol. The Morgan fingerprint density at radius 3 is 2.29 bits per heavy atom. The topological polar surface area (TPSA) is 12.0 Å². The number of halogens is 3. The summed E-state index contributed by atoms with van der Waals surface area (Å²) in [5, 5.41) is 3.41. The second-order valence-corrected chi connectivity index (χ2v) is 7.43. The van der Waals surface area contributed by atoms with Gasteiger partial charge in [-0.3, -0.25) is 0 Å². The number of benzene rings is 1. The Hall–Kier alpha value is -0.480. The minimum absolute atomic E-state index is 0.196. The highest BCUT2D eigenvalue weighted by atomic mass is 79.9. The molecule has 1 aromatic carbocycles. The molecule has 0 aliphatic carbocycles. The molecule has 0 fully saturated rings. The van der Waals surface area contributed by atoms with E-state index >= 15 is 0 Å². The number of rotatable bonds is 8. The second-order valence-electron chi connectivity index (χ2n) is 6.57. The second kappa shape index (κ2) is 8.84. The van der Waals surface area contributed by atoms with E-state index in [-0.39, 0.29) is 11.5 Å². The van der Waals surface area contributed by atoms with E-state index in [0.717, 1.165) is 19.5 Å². The van der Waals surface area contributed by atoms with Crippen LogP contribution < -0.4 is 5.32 Å². The van der Waals surface area contributed by atoms with Crippen molar-refractivity contribution in [1.29, 1.82) is 0 Å². The molecule has 0 aromatic heterocycles. The van der Waals surface area contributed by atoms with Gasteiger partial charge in [-0.05, 0) is 71.7 Å². The Balaban J connectivity index is 2.78. The van der Waals surface area contributed by atoms with Gasteiger partial charge in [0.05, 0.1) is 4.47 Å². The lowest BCUT2D eigenvalue weighted by molar-refractivity contribution is 0.367. The summed E-state index contributed by atoms with van der Waals surface area (Å²) in [7, 11) is 0. The molecule has 1 unspecified atom stereocenters. The van der Waals surface area contributed by atoms with Crippen LogP contribution in [-0.4, -0.2) is 13.1 Å². The minimum atomic E-state index is -0.465. The molecule has 1 aromatic rings. The van der Waals surface area contributed by atoms with Crippen LogP contribution in [0, 0.1) is 29.4 Å². The molecule has 0 amide bonds. The molecule has 0 saturated carbocycles. The summed E-state index contributed by atoms with van der Waals surface area (Å²) in [5.74, 6) is 0.404. The molecule has 0 aliphatic heterocycles. The van der Waals surface area contributed by atoms with Crippen LogP contribution in [0.5, 0.6) is 0 Å². The summed E-state index contributed by atoms with van der Waals surface area (Å²) < 4.78 is 28.3. The summed E-state index contributed by atoms with van der Waals surface area (Å²) in [6.07, 6.45) is 1.39. The lowest BCUT2D eigenvalue weighted by Crippen LogP contribution is -2.28. The van der Waals surface area contributed by atoms with Gasteiger partial charge >= 0.3 is 0 Å². The normalized spacial score (nSPS) is 13.2. The van der Waals surface area contributed by atoms with Crippen LogP contribution in [-0.2, 0) is 6.42 Å². The lowest BCUT2D eigenvalue weighted by atomic mass is 9.90. The molecule has 1 atom stereocenters. The van der Waals surface area contributed by atoms with Crippen LogP contribution in [0.15, 0.2) is 16.6 Å². The van der Waals surface area contributed by atoms with Crippen LogP contribution in [0.25, 0.3) is 0 Å². The number of hydrogen-bond acceptors (Lipinski definition) is 1. The first kappa shape index (κ1) is 18.6. The van der Waals surface area contributed by atoms with Crippen LogP contribution >= 0.6 is 15.9 Å². The van der Waals surface area contributed by atoms with Gasteiger partial charge in [0, 0.05) is 5.56 Å². The van der Waals surface area contributed by atoms with E-state index in [0.29, 0.717) is 22.7 Å². The minimum Gasteiger partial charge on any atom is -0.316 e. The number of hydrogen-bond donors (Lipinski definition) is 1. The lowest BCUT2D eigenvalue weighted by Gasteiger charge is -2.21. The van der Waals surface area contributed by atoms with Gasteiger partial charge in [0.1, 0.15) is 11.6 Å². The van der Waals surface area contributed by atoms with Gasteiger partial charge < -0.3 is 5.32 Å². The molecule has 0 heterocycles. The Morgan fingerprint density at radius 1 is 1.05 bits per heavy atom. The van der Waals surface area contributed by atoms with Crippen molar-refractivity contribution in [3.8, 4) is 0 Å². The fourth-order valence-electron chi connectivity index (χ4n) is 2.53. The van der Waals surface area contributed by atoms with Crippen LogP contribution in [0.3, 0.4) is 0 Å². The van der Waals surface area contributed by atoms with Crippen LogP contribution in [0.4, 0.5) is 8.78 Å². The summed E-state index contributed by atoms with van der Waals surface area (Å²) in [6, 6.07) is 2.75. The molecular formula is C17H26BrF2N. The van der Waals surface area contributed by atoms with E-state index in [9.17, 15) is 8.78 Å². The smallest absolute Gasteiger partial charge is 0.143 e. The van der Waals surface area contributed by atoms with Crippen molar-refractivity contribution in [3.63, 3.8) is 0 Å². The SMILES string of the molecule is CC(C)CNCC(Cc1c(F)ccc(Br)c1F)CC(C)C. The monoisotopic (exact) mass is 361 g/mol. The fourth-order valence-corrected chi connectivity index (χ4v) is 2.90. The van der Waals surface area contributed by atoms with E-state index in [1.165, 1.54) is 12.1 Å². The molecular weight excluding hydrogens is 336 g/mol. The molecule has 120 valence electrons. The summed E-state index contributed by atoms with van der Waals surface area (Å²) in [6.45, 7) is 10.3. The van der Waals surface area contributed by atoms with Crippen molar-refractivity contribution in [1.82, 2.24) is 5.32 Å². The van der Waals surface area contributed by atoms with Gasteiger partial charge in [-0.15, -0.1) is 0 Å². The van der Waals surface area contributed by atoms with Crippen molar-refractivity contribution in [2.45, 2.75) is 40.5 Å². The molecule has 1 rings (SSSR count). The third-order valence-corrected chi connectivity index (χ3v) is 4.03. The Bertz CT molecular complexity index is 447. The largest absolute Gasteiger partial charge is 0.316 e. The van der Waals surface area contributed by atoms with Gasteiger partial charge in [-0.2, -0.15) is 0 Å². The Morgan fingerprint density at radius 2 is 1.71 bits per heavy atom. The van der Waals surface area contributed by atoms with E-state index in [2.05, 4.69) is 48.9 Å². The zero-order valence-corrected chi connectivity index (χ0v) is 14.9. The predicted molar refractivity (Wildman–Crippen MR) is 88.4 cm³/mol. The van der Waals surface area contributed by atoms with Crippen molar-refractivity contribution in [2.75, 3.05) is 13.1 Å². The maximum Gasteiger partial charge on any atom is 0.143 e. The molecule has 0 spiro atoms. The first-order valence-corrected chi connectivity index (χ1v) is 8.43. The maximum absolute atomic E-state index is 14.1. The Labute approximate surface area is 135 Å². The Kier molecular flexibility index (Phi) is 7.82. The quantitative estimate of drug-likeness (QED) is 0.629. The predicted octanol–water partition coefficient (Wildman–Crippen LogP) is 5.18. The third-order valence-electron chi connectivity index (χ3n) is 3.42. The van der Waals surface area contributed by atoms with E-state index in [1.54, 1.807) is 0 Å². The summed E-state index contributed by atoms with van der Waals surface area (Å²) >= 11 is 3.14. The molecule has 0 saturated heterocycles. The molecule has 1 nitrogen and oxygen atoms in total. The van der Waals surface area contributed by atoms with Crippen molar-refractivity contribution >= 4 is 15.9 Å². The van der Waals surface area contributed by atoms with Gasteiger partial charge in [0.15, 0.2) is 0 Å². The number of nitrogens with one attached hydrogen (secondary N) is 1. The fraction of sp³-hybridized carbons (Fsp3) is 0.647. The van der Waals surface area contributed by atoms with E-state index in [4.69, 9.17) is 0 Å². The molecule has 0 radical (unpaired) electrons. The zero-order valence-electron chi connectivity index (χ0n) is 13.3. The molecule has 21 heavy (non-hydrogen) atoms. The standard InChI is InChI=1S/C17H26BrF2N/c1-11(2)7-13(10-21-9-12(3)4)8-14-16(19)6-5-15(18)17(14)20/h5-6,11-13,21H,7-10H2,1-4H3. The highest BCUT2D eigenvalue weighted by Crippen LogP contribution is 2.26. The zero-order chi connectivity index (χ0) is 16.0. The van der Waals surface area contributed by atoms with Crippen molar-refractivity contribution in [3.05, 3.63) is 33.8 Å². The van der Waals surface area contributed by atoms with Crippen molar-refractivity contribution < 1.29 is 8.78 Å². The molecule has 1 N–H and O–H groups in total. The van der Waals surface area contributed by atoms with Gasteiger partial charge in [-0.25, -0.2) is 8.78 Å². The third kappa shape index (κ3) is 6.43. The summed E-state index contributed by atoms with van der Waals surface area (Å²) in [4.78, 5) is 0. The van der Waals surface area contributed by atoms with Gasteiger partial charge in [-0.1, -0.05) is 27.7 Å². The van der Waals surface area contributed by atoms with E-state index in [1.807, 2.05) is 0 Å². The highest BCUT2D eigenvalue weighted by Gasteiger charge is 2.19. The van der Waals surface area contributed by atoms with Gasteiger partial charge in [0.2, 0.25) is 0 Å².